The first-order chi connectivity index (χ1) is 39.7. The molecule has 8 unspecified atom stereocenters. The monoisotopic (exact) mass is 1150 g/mol. The van der Waals surface area contributed by atoms with Gasteiger partial charge in [0.05, 0.1) is 25.4 Å². The van der Waals surface area contributed by atoms with E-state index in [1.807, 2.05) is 18.2 Å². The Morgan fingerprint density at radius 2 is 0.852 bits per heavy atom. The molecule has 0 radical (unpaired) electrons. The van der Waals surface area contributed by atoms with Crippen molar-refractivity contribution in [1.82, 2.24) is 5.32 Å². The summed E-state index contributed by atoms with van der Waals surface area (Å²) >= 11 is 0. The van der Waals surface area contributed by atoms with Crippen molar-refractivity contribution < 1.29 is 49.3 Å². The van der Waals surface area contributed by atoms with Crippen LogP contribution >= 0.6 is 0 Å². The molecule has 11 heteroatoms. The highest BCUT2D eigenvalue weighted by molar-refractivity contribution is 5.80. The van der Waals surface area contributed by atoms with Crippen molar-refractivity contribution in [3.05, 3.63) is 36.5 Å². The molecule has 0 bridgehead atoms. The lowest BCUT2D eigenvalue weighted by Crippen LogP contribution is -2.61. The van der Waals surface area contributed by atoms with Gasteiger partial charge in [-0.05, 0) is 44.9 Å². The molecule has 1 amide bonds. The Bertz CT molecular complexity index is 1460. The smallest absolute Gasteiger partial charge is 0.306 e. The number of amides is 1. The zero-order valence-corrected chi connectivity index (χ0v) is 52.9. The predicted molar refractivity (Wildman–Crippen MR) is 338 cm³/mol. The maximum atomic E-state index is 13.5. The summed E-state index contributed by atoms with van der Waals surface area (Å²) in [7, 11) is 0. The van der Waals surface area contributed by atoms with Gasteiger partial charge >= 0.3 is 5.97 Å². The molecule has 0 aromatic rings. The third kappa shape index (κ3) is 45.9. The topological polar surface area (TPSA) is 175 Å². The summed E-state index contributed by atoms with van der Waals surface area (Å²) in [6.45, 7) is 5.79. The summed E-state index contributed by atoms with van der Waals surface area (Å²) in [5.41, 5.74) is 0. The lowest BCUT2D eigenvalue weighted by atomic mass is 9.99. The van der Waals surface area contributed by atoms with Crippen molar-refractivity contribution in [2.45, 2.75) is 384 Å². The molecule has 1 saturated heterocycles. The van der Waals surface area contributed by atoms with Gasteiger partial charge in [0.1, 0.15) is 24.4 Å². The maximum absolute atomic E-state index is 13.5. The number of esters is 1. The van der Waals surface area contributed by atoms with Crippen LogP contribution in [0.4, 0.5) is 0 Å². The van der Waals surface area contributed by atoms with Crippen LogP contribution in [0.2, 0.25) is 0 Å². The highest BCUT2D eigenvalue weighted by atomic mass is 16.7. The second-order valence-electron chi connectivity index (χ2n) is 24.3. The summed E-state index contributed by atoms with van der Waals surface area (Å²) < 4.78 is 17.6. The quantitative estimate of drug-likeness (QED) is 0.0195. The first-order valence-corrected chi connectivity index (χ1v) is 34.8. The lowest BCUT2D eigenvalue weighted by Gasteiger charge is -2.41. The second-order valence-corrected chi connectivity index (χ2v) is 24.3. The van der Waals surface area contributed by atoms with Crippen LogP contribution in [0.3, 0.4) is 0 Å². The van der Waals surface area contributed by atoms with Gasteiger partial charge in [-0.15, -0.1) is 0 Å². The Hall–Kier alpha value is -2.12. The average Bonchev–Trinajstić information content (AvgIpc) is 3.50. The van der Waals surface area contributed by atoms with Crippen molar-refractivity contribution in [3.8, 4) is 0 Å². The number of unbranched alkanes of at least 4 members (excludes halogenated alkanes) is 42. The molecule has 476 valence electrons. The Morgan fingerprint density at radius 1 is 0.481 bits per heavy atom. The highest BCUT2D eigenvalue weighted by Gasteiger charge is 2.47. The molecule has 81 heavy (non-hydrogen) atoms. The third-order valence-electron chi connectivity index (χ3n) is 16.6. The Morgan fingerprint density at radius 3 is 1.26 bits per heavy atom. The van der Waals surface area contributed by atoms with Crippen LogP contribution < -0.4 is 5.32 Å². The number of hydrogen-bond acceptors (Lipinski definition) is 10. The standard InChI is InChI=1S/C70H131NO10/c1-4-7-10-13-16-19-22-25-26-27-28-29-30-31-32-33-34-35-36-37-40-42-45-48-51-54-57-63(74)69(78)71-61(62(73)56-53-50-47-44-41-38-23-20-17-14-11-8-5-2)60-79-70-68(67(77)66(76)64(59-72)80-70)81-65(75)58-55-52-49-46-43-39-24-21-18-15-12-9-6-3/h39,43,49,52-53,56,61-64,66-68,70,72-74,76-77H,4-38,40-42,44-48,50-51,54-55,57-60H2,1-3H3,(H,71,78)/b43-39-,52-49+,56-53+. The molecule has 8 atom stereocenters. The van der Waals surface area contributed by atoms with Crippen LogP contribution in [0.1, 0.15) is 335 Å². The second kappa shape index (κ2) is 58.3. The van der Waals surface area contributed by atoms with Crippen LogP contribution in [0.15, 0.2) is 36.5 Å². The summed E-state index contributed by atoms with van der Waals surface area (Å²) in [5.74, 6) is -1.25. The predicted octanol–water partition coefficient (Wildman–Crippen LogP) is 17.4. The van der Waals surface area contributed by atoms with Crippen molar-refractivity contribution in [1.29, 1.82) is 0 Å². The summed E-state index contributed by atoms with van der Waals surface area (Å²) in [4.78, 5) is 26.5. The van der Waals surface area contributed by atoms with Crippen LogP contribution in [0.5, 0.6) is 0 Å². The van der Waals surface area contributed by atoms with Gasteiger partial charge in [-0.25, -0.2) is 0 Å². The van der Waals surface area contributed by atoms with Gasteiger partial charge in [-0.2, -0.15) is 0 Å². The summed E-state index contributed by atoms with van der Waals surface area (Å²) in [6, 6.07) is -1.03. The van der Waals surface area contributed by atoms with E-state index >= 15 is 0 Å². The number of hydrogen-bond donors (Lipinski definition) is 6. The van der Waals surface area contributed by atoms with Crippen LogP contribution in [-0.2, 0) is 23.8 Å². The molecule has 0 aromatic carbocycles. The number of carbonyl (C=O) groups is 2. The molecule has 1 aliphatic rings. The van der Waals surface area contributed by atoms with E-state index in [-0.39, 0.29) is 13.0 Å². The fourth-order valence-electron chi connectivity index (χ4n) is 11.1. The van der Waals surface area contributed by atoms with E-state index in [0.29, 0.717) is 19.3 Å². The van der Waals surface area contributed by atoms with E-state index in [1.54, 1.807) is 6.08 Å². The van der Waals surface area contributed by atoms with Crippen LogP contribution in [-0.4, -0.2) is 99.6 Å². The van der Waals surface area contributed by atoms with Gasteiger partial charge in [0.15, 0.2) is 12.4 Å². The molecule has 1 fully saturated rings. The Kier molecular flexibility index (Phi) is 55.3. The number of ether oxygens (including phenoxy) is 3. The molecular formula is C70H131NO10. The normalized spacial score (nSPS) is 18.8. The number of carbonyl (C=O) groups excluding carboxylic acids is 2. The van der Waals surface area contributed by atoms with Gasteiger partial charge in [-0.3, -0.25) is 9.59 Å². The number of aliphatic hydroxyl groups is 5. The largest absolute Gasteiger partial charge is 0.454 e. The van der Waals surface area contributed by atoms with E-state index in [0.717, 1.165) is 51.4 Å². The molecule has 1 heterocycles. The minimum absolute atomic E-state index is 0.0202. The first-order valence-electron chi connectivity index (χ1n) is 34.8. The third-order valence-corrected chi connectivity index (χ3v) is 16.6. The summed E-state index contributed by atoms with van der Waals surface area (Å²) in [5, 5.41) is 57.1. The lowest BCUT2D eigenvalue weighted by molar-refractivity contribution is -0.305. The van der Waals surface area contributed by atoms with Gasteiger partial charge in [0, 0.05) is 6.42 Å². The molecular weight excluding hydrogens is 1010 g/mol. The van der Waals surface area contributed by atoms with Crippen molar-refractivity contribution in [2.24, 2.45) is 0 Å². The van der Waals surface area contributed by atoms with Crippen molar-refractivity contribution >= 4 is 11.9 Å². The van der Waals surface area contributed by atoms with Gasteiger partial charge in [-0.1, -0.05) is 320 Å². The summed E-state index contributed by atoms with van der Waals surface area (Å²) in [6.07, 6.45) is 60.8. The molecule has 0 saturated carbocycles. The fourth-order valence-corrected chi connectivity index (χ4v) is 11.1. The first kappa shape index (κ1) is 76.9. The zero-order valence-electron chi connectivity index (χ0n) is 52.9. The maximum Gasteiger partial charge on any atom is 0.306 e. The molecule has 6 N–H and O–H groups in total. The van der Waals surface area contributed by atoms with Gasteiger partial charge in [0.25, 0.3) is 0 Å². The molecule has 11 nitrogen and oxygen atoms in total. The van der Waals surface area contributed by atoms with E-state index in [2.05, 4.69) is 38.2 Å². The molecule has 1 rings (SSSR count). The molecule has 0 aromatic heterocycles. The molecule has 0 spiro atoms. The number of nitrogens with one attached hydrogen (secondary N) is 1. The molecule has 0 aliphatic carbocycles. The van der Waals surface area contributed by atoms with E-state index in [1.165, 1.54) is 238 Å². The Balaban J connectivity index is 2.56. The average molecular weight is 1150 g/mol. The minimum Gasteiger partial charge on any atom is -0.454 e. The highest BCUT2D eigenvalue weighted by Crippen LogP contribution is 2.26. The van der Waals surface area contributed by atoms with E-state index in [9.17, 15) is 35.1 Å². The SMILES string of the molecule is CCCCCCCC/C=C\C/C=C/CCC(=O)OC1C(OCC(NC(=O)C(O)CCCCCCCCCCCCCCCCCCCCCCCCCCCC)C(O)/C=C/CCCCCCCCCCCCC)OC(CO)C(O)C1O. The van der Waals surface area contributed by atoms with Crippen LogP contribution in [0.25, 0.3) is 0 Å². The van der Waals surface area contributed by atoms with Crippen molar-refractivity contribution in [2.75, 3.05) is 13.2 Å². The number of rotatable bonds is 60. The van der Waals surface area contributed by atoms with E-state index in [4.69, 9.17) is 14.2 Å². The van der Waals surface area contributed by atoms with Gasteiger partial charge < -0.3 is 45.1 Å². The van der Waals surface area contributed by atoms with E-state index < -0.39 is 67.4 Å². The Labute approximate surface area is 498 Å². The van der Waals surface area contributed by atoms with Crippen LogP contribution in [0, 0.1) is 0 Å². The van der Waals surface area contributed by atoms with Gasteiger partial charge in [0.2, 0.25) is 5.91 Å². The number of allylic oxidation sites excluding steroid dienone is 5. The molecule has 1 aliphatic heterocycles. The van der Waals surface area contributed by atoms with Crippen molar-refractivity contribution in [3.63, 3.8) is 0 Å². The zero-order chi connectivity index (χ0) is 58.9. The minimum atomic E-state index is -1.63. The number of aliphatic hydroxyl groups excluding tert-OH is 5. The fraction of sp³-hybridized carbons (Fsp3) is 0.886.